The van der Waals surface area contributed by atoms with Crippen molar-refractivity contribution < 1.29 is 9.53 Å². The van der Waals surface area contributed by atoms with E-state index in [2.05, 4.69) is 10.3 Å². The van der Waals surface area contributed by atoms with Crippen LogP contribution in [0.5, 0.6) is 0 Å². The number of para-hydroxylation sites is 1. The monoisotopic (exact) mass is 290 g/mol. The Morgan fingerprint density at radius 1 is 1.35 bits per heavy atom. The van der Waals surface area contributed by atoms with Crippen molar-refractivity contribution in [3.05, 3.63) is 46.4 Å². The third-order valence-electron chi connectivity index (χ3n) is 2.87. The number of anilines is 1. The normalized spacial score (nSPS) is 10.2. The molecule has 0 bridgehead atoms. The molecule has 0 radical (unpaired) electrons. The Labute approximate surface area is 122 Å². The van der Waals surface area contributed by atoms with Crippen molar-refractivity contribution in [1.29, 1.82) is 0 Å². The van der Waals surface area contributed by atoms with Gasteiger partial charge in [-0.15, -0.1) is 11.3 Å². The zero-order valence-electron chi connectivity index (χ0n) is 11.5. The highest BCUT2D eigenvalue weighted by Crippen LogP contribution is 2.14. The van der Waals surface area contributed by atoms with Crippen LogP contribution < -0.4 is 5.32 Å². The first-order valence-electron chi connectivity index (χ1n) is 6.59. The highest BCUT2D eigenvalue weighted by molar-refractivity contribution is 7.09. The second-order valence-corrected chi connectivity index (χ2v) is 5.31. The second-order valence-electron chi connectivity index (χ2n) is 4.37. The van der Waals surface area contributed by atoms with Crippen LogP contribution in [0.4, 0.5) is 5.69 Å². The molecule has 1 aromatic heterocycles. The summed E-state index contributed by atoms with van der Waals surface area (Å²) in [4.78, 5) is 16.9. The smallest absolute Gasteiger partial charge is 0.306 e. The Morgan fingerprint density at radius 2 is 2.15 bits per heavy atom. The van der Waals surface area contributed by atoms with Gasteiger partial charge < -0.3 is 10.1 Å². The number of hydrogen-bond acceptors (Lipinski definition) is 5. The fraction of sp³-hybridized carbons (Fsp3) is 0.333. The maximum Gasteiger partial charge on any atom is 0.306 e. The summed E-state index contributed by atoms with van der Waals surface area (Å²) in [5, 5.41) is 3.19. The van der Waals surface area contributed by atoms with Crippen molar-refractivity contribution in [2.45, 2.75) is 19.8 Å². The van der Waals surface area contributed by atoms with Gasteiger partial charge in [0.15, 0.2) is 0 Å². The number of carbonyl (C=O) groups is 1. The molecule has 0 amide bonds. The van der Waals surface area contributed by atoms with E-state index in [0.717, 1.165) is 16.3 Å². The van der Waals surface area contributed by atoms with Crippen LogP contribution in [0.2, 0.25) is 0 Å². The molecule has 0 spiro atoms. The molecule has 5 heteroatoms. The van der Waals surface area contributed by atoms with Gasteiger partial charge in [0.1, 0.15) is 6.61 Å². The van der Waals surface area contributed by atoms with Crippen LogP contribution in [0, 0.1) is 6.92 Å². The summed E-state index contributed by atoms with van der Waals surface area (Å²) in [7, 11) is 0. The molecule has 2 rings (SSSR count). The Hall–Kier alpha value is -1.88. The molecule has 0 aliphatic rings. The van der Waals surface area contributed by atoms with Crippen molar-refractivity contribution >= 4 is 23.0 Å². The van der Waals surface area contributed by atoms with Gasteiger partial charge >= 0.3 is 5.97 Å². The van der Waals surface area contributed by atoms with Gasteiger partial charge in [-0.3, -0.25) is 4.79 Å². The molecule has 1 N–H and O–H groups in total. The minimum atomic E-state index is -0.160. The molecule has 4 nitrogen and oxygen atoms in total. The van der Waals surface area contributed by atoms with Crippen molar-refractivity contribution in [3.63, 3.8) is 0 Å². The van der Waals surface area contributed by atoms with Gasteiger partial charge in [-0.05, 0) is 25.5 Å². The number of aryl methyl sites for hydroxylation is 2. The zero-order chi connectivity index (χ0) is 14.2. The second kappa shape index (κ2) is 7.65. The average molecular weight is 290 g/mol. The number of nitrogens with zero attached hydrogens (tertiary/aromatic N) is 1. The molecule has 1 aromatic carbocycles. The predicted molar refractivity (Wildman–Crippen MR) is 81.1 cm³/mol. The summed E-state index contributed by atoms with van der Waals surface area (Å²) < 4.78 is 5.18. The van der Waals surface area contributed by atoms with Crippen molar-refractivity contribution in [1.82, 2.24) is 4.98 Å². The SMILES string of the molecule is Cc1ncsc1CCC(=O)OCCNc1ccccc1. The fourth-order valence-electron chi connectivity index (χ4n) is 1.77. The Bertz CT molecular complexity index is 540. The lowest BCUT2D eigenvalue weighted by atomic mass is 10.2. The molecular formula is C15H18N2O2S. The van der Waals surface area contributed by atoms with E-state index in [4.69, 9.17) is 4.74 Å². The quantitative estimate of drug-likeness (QED) is 0.629. The molecule has 0 aliphatic heterocycles. The van der Waals surface area contributed by atoms with Gasteiger partial charge in [-0.1, -0.05) is 18.2 Å². The molecule has 0 atom stereocenters. The van der Waals surface area contributed by atoms with Crippen LogP contribution in [0.3, 0.4) is 0 Å². The van der Waals surface area contributed by atoms with E-state index in [1.807, 2.05) is 37.3 Å². The number of thiazole rings is 1. The number of esters is 1. The molecule has 0 saturated heterocycles. The van der Waals surface area contributed by atoms with Gasteiger partial charge in [0, 0.05) is 17.1 Å². The summed E-state index contributed by atoms with van der Waals surface area (Å²) in [6, 6.07) is 9.85. The highest BCUT2D eigenvalue weighted by Gasteiger charge is 2.07. The van der Waals surface area contributed by atoms with Gasteiger partial charge in [-0.25, -0.2) is 4.98 Å². The fourth-order valence-corrected chi connectivity index (χ4v) is 2.55. The molecule has 0 fully saturated rings. The first-order valence-corrected chi connectivity index (χ1v) is 7.47. The lowest BCUT2D eigenvalue weighted by molar-refractivity contribution is -0.143. The van der Waals surface area contributed by atoms with Gasteiger partial charge in [0.25, 0.3) is 0 Å². The minimum Gasteiger partial charge on any atom is -0.464 e. The summed E-state index contributed by atoms with van der Waals surface area (Å²) in [6.45, 7) is 2.96. The third kappa shape index (κ3) is 4.66. The van der Waals surface area contributed by atoms with E-state index < -0.39 is 0 Å². The summed E-state index contributed by atoms with van der Waals surface area (Å²) in [5.74, 6) is -0.160. The molecule has 1 heterocycles. The molecule has 2 aromatic rings. The van der Waals surface area contributed by atoms with Crippen LogP contribution in [0.1, 0.15) is 17.0 Å². The van der Waals surface area contributed by atoms with Crippen LogP contribution in [-0.4, -0.2) is 24.1 Å². The zero-order valence-corrected chi connectivity index (χ0v) is 12.3. The summed E-state index contributed by atoms with van der Waals surface area (Å²) in [5.41, 5.74) is 3.84. The Balaban J connectivity index is 1.60. The van der Waals surface area contributed by atoms with E-state index in [0.29, 0.717) is 26.0 Å². The number of rotatable bonds is 7. The van der Waals surface area contributed by atoms with E-state index in [1.54, 1.807) is 16.8 Å². The van der Waals surface area contributed by atoms with E-state index in [1.165, 1.54) is 0 Å². The van der Waals surface area contributed by atoms with Crippen LogP contribution in [-0.2, 0) is 16.0 Å². The molecule has 106 valence electrons. The molecular weight excluding hydrogens is 272 g/mol. The first kappa shape index (κ1) is 14.5. The minimum absolute atomic E-state index is 0.160. The first-order chi connectivity index (χ1) is 9.75. The van der Waals surface area contributed by atoms with Crippen LogP contribution in [0.15, 0.2) is 35.8 Å². The third-order valence-corrected chi connectivity index (χ3v) is 3.86. The maximum atomic E-state index is 11.6. The van der Waals surface area contributed by atoms with Gasteiger partial charge in [0.05, 0.1) is 17.6 Å². The van der Waals surface area contributed by atoms with E-state index in [-0.39, 0.29) is 5.97 Å². The van der Waals surface area contributed by atoms with E-state index >= 15 is 0 Å². The summed E-state index contributed by atoms with van der Waals surface area (Å²) >= 11 is 1.59. The van der Waals surface area contributed by atoms with Crippen LogP contribution >= 0.6 is 11.3 Å². The Kier molecular flexibility index (Phi) is 5.55. The van der Waals surface area contributed by atoms with Gasteiger partial charge in [0.2, 0.25) is 0 Å². The average Bonchev–Trinajstić information content (AvgIpc) is 2.88. The van der Waals surface area contributed by atoms with Gasteiger partial charge in [-0.2, -0.15) is 0 Å². The molecule has 0 unspecified atom stereocenters. The number of aromatic nitrogens is 1. The van der Waals surface area contributed by atoms with Crippen molar-refractivity contribution in [2.24, 2.45) is 0 Å². The predicted octanol–water partition coefficient (Wildman–Crippen LogP) is 3.04. The molecule has 20 heavy (non-hydrogen) atoms. The molecule has 0 saturated carbocycles. The summed E-state index contributed by atoms with van der Waals surface area (Å²) in [6.07, 6.45) is 1.12. The standard InChI is InChI=1S/C15H18N2O2S/c1-12-14(20-11-17-12)7-8-15(18)19-10-9-16-13-5-3-2-4-6-13/h2-6,11,16H,7-10H2,1H3. The van der Waals surface area contributed by atoms with E-state index in [9.17, 15) is 4.79 Å². The molecule has 0 aliphatic carbocycles. The topological polar surface area (TPSA) is 51.2 Å². The van der Waals surface area contributed by atoms with Crippen molar-refractivity contribution in [3.8, 4) is 0 Å². The number of ether oxygens (including phenoxy) is 1. The lowest BCUT2D eigenvalue weighted by Gasteiger charge is -2.07. The number of hydrogen-bond donors (Lipinski definition) is 1. The van der Waals surface area contributed by atoms with Crippen LogP contribution in [0.25, 0.3) is 0 Å². The lowest BCUT2D eigenvalue weighted by Crippen LogP contribution is -2.14. The number of carbonyl (C=O) groups excluding carboxylic acids is 1. The van der Waals surface area contributed by atoms with Crippen molar-refractivity contribution in [2.75, 3.05) is 18.5 Å². The number of nitrogens with one attached hydrogen (secondary N) is 1. The highest BCUT2D eigenvalue weighted by atomic mass is 32.1. The largest absolute Gasteiger partial charge is 0.464 e. The number of benzene rings is 1. The maximum absolute atomic E-state index is 11.6. The Morgan fingerprint density at radius 3 is 2.85 bits per heavy atom.